The van der Waals surface area contributed by atoms with Gasteiger partial charge >= 0.3 is 0 Å². The van der Waals surface area contributed by atoms with Crippen molar-refractivity contribution in [3.05, 3.63) is 58.6 Å². The minimum atomic E-state index is -0.681. The zero-order valence-corrected chi connectivity index (χ0v) is 21.8. The Labute approximate surface area is 223 Å². The van der Waals surface area contributed by atoms with E-state index in [-0.39, 0.29) is 35.0 Å². The lowest BCUT2D eigenvalue weighted by molar-refractivity contribution is 0.0512. The topological polar surface area (TPSA) is 89.4 Å². The fraction of sp³-hybridized carbons (Fsp3) is 0.393. The van der Waals surface area contributed by atoms with E-state index >= 15 is 4.39 Å². The molecule has 1 saturated heterocycles. The highest BCUT2D eigenvalue weighted by Gasteiger charge is 2.50. The molecule has 6 rings (SSSR count). The van der Waals surface area contributed by atoms with Gasteiger partial charge in [-0.1, -0.05) is 13.0 Å². The van der Waals surface area contributed by atoms with Crippen LogP contribution in [0.5, 0.6) is 5.75 Å². The van der Waals surface area contributed by atoms with E-state index in [0.717, 1.165) is 13.0 Å². The summed E-state index contributed by atoms with van der Waals surface area (Å²) in [6.45, 7) is 3.16. The summed E-state index contributed by atoms with van der Waals surface area (Å²) in [5.41, 5.74) is 0.971. The van der Waals surface area contributed by atoms with Gasteiger partial charge in [0.25, 0.3) is 0 Å². The molecular weight excluding hydrogens is 514 g/mol. The standard InChI is InChI=1S/C28H27ClF2N4O3/c1-3-17-20(30)5-4-14-6-16(38-13-37-2)7-18(22(14)17)24-23(31)25-19(11-33-24)26(35-27(29)34-25)28-8-15(10-32-12-28)21(36)9-28/h4-7,11,15,21,32,36H,3,8-10,12-13H2,1-2H3. The number of benzene rings is 2. The predicted octanol–water partition coefficient (Wildman–Crippen LogP) is 4.93. The Kier molecular flexibility index (Phi) is 6.42. The number of aryl methyl sites for hydroxylation is 1. The molecule has 2 fully saturated rings. The first-order valence-corrected chi connectivity index (χ1v) is 13.0. The molecule has 2 aliphatic rings. The molecule has 2 aromatic carbocycles. The number of aromatic nitrogens is 3. The number of aliphatic hydroxyl groups is 1. The van der Waals surface area contributed by atoms with E-state index in [1.807, 2.05) is 6.92 Å². The lowest BCUT2D eigenvalue weighted by Crippen LogP contribution is -2.43. The molecule has 1 saturated carbocycles. The fourth-order valence-electron chi connectivity index (χ4n) is 6.27. The Hall–Kier alpha value is -2.98. The minimum Gasteiger partial charge on any atom is -0.468 e. The van der Waals surface area contributed by atoms with Gasteiger partial charge in [0.1, 0.15) is 22.8 Å². The second kappa shape index (κ2) is 9.64. The summed E-state index contributed by atoms with van der Waals surface area (Å²) in [5.74, 6) is -0.532. The first-order chi connectivity index (χ1) is 18.3. The summed E-state index contributed by atoms with van der Waals surface area (Å²) in [4.78, 5) is 13.3. The van der Waals surface area contributed by atoms with Gasteiger partial charge in [0.2, 0.25) is 5.28 Å². The maximum atomic E-state index is 16.4. The van der Waals surface area contributed by atoms with Gasteiger partial charge in [-0.2, -0.15) is 0 Å². The van der Waals surface area contributed by atoms with Gasteiger partial charge in [-0.25, -0.2) is 18.7 Å². The molecule has 2 N–H and O–H groups in total. The van der Waals surface area contributed by atoms with Gasteiger partial charge < -0.3 is 19.9 Å². The van der Waals surface area contributed by atoms with E-state index in [1.54, 1.807) is 24.4 Å². The lowest BCUT2D eigenvalue weighted by Gasteiger charge is -2.33. The molecule has 38 heavy (non-hydrogen) atoms. The third-order valence-corrected chi connectivity index (χ3v) is 8.09. The summed E-state index contributed by atoms with van der Waals surface area (Å²) in [5, 5.41) is 15.6. The third kappa shape index (κ3) is 4.00. The summed E-state index contributed by atoms with van der Waals surface area (Å²) in [7, 11) is 1.50. The molecule has 0 amide bonds. The van der Waals surface area contributed by atoms with Crippen molar-refractivity contribution in [2.24, 2.45) is 5.92 Å². The van der Waals surface area contributed by atoms with Crippen molar-refractivity contribution >= 4 is 33.3 Å². The van der Waals surface area contributed by atoms with Crippen LogP contribution in [-0.2, 0) is 16.6 Å². The molecule has 10 heteroatoms. The molecule has 4 aromatic rings. The summed E-state index contributed by atoms with van der Waals surface area (Å²) >= 11 is 6.35. The van der Waals surface area contributed by atoms with Gasteiger partial charge in [0.15, 0.2) is 12.6 Å². The molecule has 3 atom stereocenters. The number of nitrogens with one attached hydrogen (secondary N) is 1. The summed E-state index contributed by atoms with van der Waals surface area (Å²) < 4.78 is 42.0. The highest BCUT2D eigenvalue weighted by Crippen LogP contribution is 2.48. The SMILES string of the molecule is CCc1c(F)ccc2cc(OCOC)cc(-c3ncc4c(C56CNCC(C5)C(O)C6)nc(Cl)nc4c3F)c12. The van der Waals surface area contributed by atoms with Crippen LogP contribution < -0.4 is 10.1 Å². The van der Waals surface area contributed by atoms with Crippen LogP contribution in [0.2, 0.25) is 5.28 Å². The molecule has 0 spiro atoms. The number of halogens is 3. The molecule has 7 nitrogen and oxygen atoms in total. The van der Waals surface area contributed by atoms with Crippen molar-refractivity contribution in [2.45, 2.75) is 37.7 Å². The van der Waals surface area contributed by atoms with E-state index in [1.165, 1.54) is 13.2 Å². The van der Waals surface area contributed by atoms with E-state index < -0.39 is 17.3 Å². The van der Waals surface area contributed by atoms with Gasteiger partial charge in [-0.15, -0.1) is 0 Å². The van der Waals surface area contributed by atoms with E-state index in [2.05, 4.69) is 20.3 Å². The normalized spacial score (nSPS) is 22.9. The van der Waals surface area contributed by atoms with Crippen LogP contribution in [0.25, 0.3) is 32.9 Å². The second-order valence-corrected chi connectivity index (χ2v) is 10.5. The van der Waals surface area contributed by atoms with Crippen molar-refractivity contribution < 1.29 is 23.4 Å². The smallest absolute Gasteiger partial charge is 0.223 e. The molecule has 198 valence electrons. The Bertz CT molecular complexity index is 1570. The number of ether oxygens (including phenoxy) is 2. The predicted molar refractivity (Wildman–Crippen MR) is 140 cm³/mol. The first-order valence-electron chi connectivity index (χ1n) is 12.6. The van der Waals surface area contributed by atoms with Gasteiger partial charge in [0, 0.05) is 42.8 Å². The number of fused-ring (bicyclic) bond motifs is 4. The molecule has 3 unspecified atom stereocenters. The zero-order chi connectivity index (χ0) is 26.6. The number of pyridine rings is 1. The maximum Gasteiger partial charge on any atom is 0.223 e. The van der Waals surface area contributed by atoms with Crippen LogP contribution in [0.1, 0.15) is 31.0 Å². The molecule has 2 bridgehead atoms. The average molecular weight is 541 g/mol. The highest BCUT2D eigenvalue weighted by molar-refractivity contribution is 6.28. The van der Waals surface area contributed by atoms with E-state index in [9.17, 15) is 9.50 Å². The molecular formula is C28H27ClF2N4O3. The minimum absolute atomic E-state index is 0.00440. The highest BCUT2D eigenvalue weighted by atomic mass is 35.5. The quantitative estimate of drug-likeness (QED) is 0.265. The van der Waals surface area contributed by atoms with Crippen molar-refractivity contribution in [1.82, 2.24) is 20.3 Å². The number of hydrogen-bond acceptors (Lipinski definition) is 7. The maximum absolute atomic E-state index is 16.4. The van der Waals surface area contributed by atoms with Crippen LogP contribution in [-0.4, -0.2) is 53.2 Å². The number of rotatable bonds is 6. The molecule has 3 heterocycles. The van der Waals surface area contributed by atoms with Crippen LogP contribution in [0.15, 0.2) is 30.5 Å². The van der Waals surface area contributed by atoms with Crippen LogP contribution in [0, 0.1) is 17.6 Å². The Morgan fingerprint density at radius 3 is 2.84 bits per heavy atom. The van der Waals surface area contributed by atoms with Crippen LogP contribution in [0.4, 0.5) is 8.78 Å². The molecule has 0 radical (unpaired) electrons. The lowest BCUT2D eigenvalue weighted by atomic mass is 9.78. The first kappa shape index (κ1) is 25.3. The van der Waals surface area contributed by atoms with E-state index in [4.69, 9.17) is 21.1 Å². The van der Waals surface area contributed by atoms with Crippen molar-refractivity contribution in [3.8, 4) is 17.0 Å². The largest absolute Gasteiger partial charge is 0.468 e. The monoisotopic (exact) mass is 540 g/mol. The molecule has 1 aliphatic heterocycles. The van der Waals surface area contributed by atoms with Crippen LogP contribution >= 0.6 is 11.6 Å². The van der Waals surface area contributed by atoms with Gasteiger partial charge in [-0.05, 0) is 71.3 Å². The van der Waals surface area contributed by atoms with Crippen LogP contribution in [0.3, 0.4) is 0 Å². The Morgan fingerprint density at radius 1 is 1.21 bits per heavy atom. The second-order valence-electron chi connectivity index (χ2n) is 10.2. The van der Waals surface area contributed by atoms with Crippen molar-refractivity contribution in [3.63, 3.8) is 0 Å². The number of aliphatic hydroxyl groups excluding tert-OH is 1. The zero-order valence-electron chi connectivity index (χ0n) is 21.0. The summed E-state index contributed by atoms with van der Waals surface area (Å²) in [6.07, 6.45) is 2.70. The molecule has 2 aromatic heterocycles. The number of nitrogens with zero attached hydrogens (tertiary/aromatic N) is 3. The Morgan fingerprint density at radius 2 is 2.05 bits per heavy atom. The van der Waals surface area contributed by atoms with Gasteiger partial charge in [0.05, 0.1) is 11.8 Å². The van der Waals surface area contributed by atoms with Crippen molar-refractivity contribution in [2.75, 3.05) is 27.0 Å². The number of hydrogen-bond donors (Lipinski definition) is 2. The van der Waals surface area contributed by atoms with E-state index in [0.29, 0.717) is 58.1 Å². The third-order valence-electron chi connectivity index (χ3n) is 7.92. The fourth-order valence-corrected chi connectivity index (χ4v) is 6.44. The van der Waals surface area contributed by atoms with Crippen molar-refractivity contribution in [1.29, 1.82) is 0 Å². The number of methoxy groups -OCH3 is 1. The van der Waals surface area contributed by atoms with Gasteiger partial charge in [-0.3, -0.25) is 4.98 Å². The number of piperidine rings is 1. The summed E-state index contributed by atoms with van der Waals surface area (Å²) in [6, 6.07) is 6.45. The molecule has 1 aliphatic carbocycles. The Balaban J connectivity index is 1.59. The average Bonchev–Trinajstić information content (AvgIpc) is 3.14.